The van der Waals surface area contributed by atoms with E-state index in [1.54, 1.807) is 7.11 Å². The Morgan fingerprint density at radius 1 is 1.39 bits per heavy atom. The van der Waals surface area contributed by atoms with Crippen LogP contribution in [-0.2, 0) is 4.79 Å². The molecule has 2 aromatic rings. The number of ether oxygens (including phenoxy) is 1. The average molecular weight is 328 g/mol. The molecule has 1 aromatic heterocycles. The SMILES string of the molecule is COc1ccc(-c2nc(NC(=O)C[C@@H]3C=CCC3)sc2C)cc1. The Morgan fingerprint density at radius 3 is 2.83 bits per heavy atom. The summed E-state index contributed by atoms with van der Waals surface area (Å²) in [5, 5.41) is 3.60. The van der Waals surface area contributed by atoms with Crippen LogP contribution in [0, 0.1) is 12.8 Å². The van der Waals surface area contributed by atoms with E-state index in [1.165, 1.54) is 11.3 Å². The highest BCUT2D eigenvalue weighted by Crippen LogP contribution is 2.31. The van der Waals surface area contributed by atoms with Crippen molar-refractivity contribution >= 4 is 22.4 Å². The second kappa shape index (κ2) is 6.96. The van der Waals surface area contributed by atoms with Gasteiger partial charge in [-0.05, 0) is 49.9 Å². The number of benzene rings is 1. The van der Waals surface area contributed by atoms with E-state index in [9.17, 15) is 4.79 Å². The zero-order valence-corrected chi connectivity index (χ0v) is 14.2. The third-order valence-corrected chi connectivity index (χ3v) is 4.85. The summed E-state index contributed by atoms with van der Waals surface area (Å²) >= 11 is 1.51. The maximum atomic E-state index is 12.1. The lowest BCUT2D eigenvalue weighted by atomic mass is 10.1. The number of methoxy groups -OCH3 is 1. The van der Waals surface area contributed by atoms with Gasteiger partial charge in [0.1, 0.15) is 5.75 Å². The average Bonchev–Trinajstić information content (AvgIpc) is 3.17. The van der Waals surface area contributed by atoms with Gasteiger partial charge in [0.2, 0.25) is 5.91 Å². The van der Waals surface area contributed by atoms with Crippen LogP contribution in [0.2, 0.25) is 0 Å². The van der Waals surface area contributed by atoms with Gasteiger partial charge in [0, 0.05) is 16.9 Å². The molecule has 120 valence electrons. The number of amides is 1. The summed E-state index contributed by atoms with van der Waals surface area (Å²) in [5.41, 5.74) is 1.94. The molecule has 1 aliphatic carbocycles. The number of anilines is 1. The Labute approximate surface area is 140 Å². The summed E-state index contributed by atoms with van der Waals surface area (Å²) in [6.07, 6.45) is 6.97. The number of carbonyl (C=O) groups is 1. The van der Waals surface area contributed by atoms with Gasteiger partial charge < -0.3 is 10.1 Å². The van der Waals surface area contributed by atoms with E-state index in [-0.39, 0.29) is 5.91 Å². The van der Waals surface area contributed by atoms with Gasteiger partial charge in [0.25, 0.3) is 0 Å². The maximum absolute atomic E-state index is 12.1. The largest absolute Gasteiger partial charge is 0.497 e. The van der Waals surface area contributed by atoms with Crippen LogP contribution in [0.3, 0.4) is 0 Å². The van der Waals surface area contributed by atoms with Crippen LogP contribution in [0.5, 0.6) is 5.75 Å². The molecule has 0 radical (unpaired) electrons. The van der Waals surface area contributed by atoms with Gasteiger partial charge in [-0.2, -0.15) is 0 Å². The van der Waals surface area contributed by atoms with Crippen molar-refractivity contribution in [1.82, 2.24) is 4.98 Å². The molecule has 1 amide bonds. The van der Waals surface area contributed by atoms with Crippen molar-refractivity contribution in [2.45, 2.75) is 26.2 Å². The van der Waals surface area contributed by atoms with Crippen LogP contribution >= 0.6 is 11.3 Å². The summed E-state index contributed by atoms with van der Waals surface area (Å²) in [4.78, 5) is 17.8. The summed E-state index contributed by atoms with van der Waals surface area (Å²) < 4.78 is 5.18. The van der Waals surface area contributed by atoms with Gasteiger partial charge in [0.05, 0.1) is 12.8 Å². The first-order valence-electron chi connectivity index (χ1n) is 7.74. The van der Waals surface area contributed by atoms with Gasteiger partial charge >= 0.3 is 0 Å². The second-order valence-corrected chi connectivity index (χ2v) is 6.87. The number of carbonyl (C=O) groups excluding carboxylic acids is 1. The van der Waals surface area contributed by atoms with Crippen molar-refractivity contribution in [3.05, 3.63) is 41.3 Å². The van der Waals surface area contributed by atoms with Gasteiger partial charge in [0.15, 0.2) is 5.13 Å². The standard InChI is InChI=1S/C18H20N2O2S/c1-12-17(14-7-9-15(22-2)10-8-14)20-18(23-12)19-16(21)11-13-5-3-4-6-13/h3,5,7-10,13H,4,6,11H2,1-2H3,(H,19,20,21)/t13-/m1/s1. The molecule has 0 spiro atoms. The Hall–Kier alpha value is -2.14. The van der Waals surface area contributed by atoms with Crippen molar-refractivity contribution in [2.24, 2.45) is 5.92 Å². The first kappa shape index (κ1) is 15.7. The van der Waals surface area contributed by atoms with Crippen molar-refractivity contribution in [3.63, 3.8) is 0 Å². The molecular formula is C18H20N2O2S. The van der Waals surface area contributed by atoms with E-state index in [4.69, 9.17) is 4.74 Å². The number of aryl methyl sites for hydroxylation is 1. The molecule has 0 saturated heterocycles. The highest BCUT2D eigenvalue weighted by atomic mass is 32.1. The summed E-state index contributed by atoms with van der Waals surface area (Å²) in [6, 6.07) is 7.79. The summed E-state index contributed by atoms with van der Waals surface area (Å²) in [7, 11) is 1.65. The van der Waals surface area contributed by atoms with Gasteiger partial charge in [-0.3, -0.25) is 4.79 Å². The van der Waals surface area contributed by atoms with Crippen molar-refractivity contribution in [1.29, 1.82) is 0 Å². The molecule has 5 heteroatoms. The molecule has 0 saturated carbocycles. The van der Waals surface area contributed by atoms with Gasteiger partial charge in [-0.15, -0.1) is 11.3 Å². The Bertz CT molecular complexity index is 719. The molecule has 0 unspecified atom stereocenters. The predicted octanol–water partition coefficient (Wildman–Crippen LogP) is 4.42. The molecule has 1 aliphatic rings. The lowest BCUT2D eigenvalue weighted by molar-refractivity contribution is -0.116. The maximum Gasteiger partial charge on any atom is 0.226 e. The molecular weight excluding hydrogens is 308 g/mol. The predicted molar refractivity (Wildman–Crippen MR) is 93.9 cm³/mol. The molecule has 3 rings (SSSR count). The minimum absolute atomic E-state index is 0.0385. The molecule has 0 bridgehead atoms. The number of hydrogen-bond donors (Lipinski definition) is 1. The summed E-state index contributed by atoms with van der Waals surface area (Å²) in [6.45, 7) is 2.02. The third kappa shape index (κ3) is 3.79. The minimum Gasteiger partial charge on any atom is -0.497 e. The molecule has 1 N–H and O–H groups in total. The molecule has 23 heavy (non-hydrogen) atoms. The summed E-state index contributed by atoms with van der Waals surface area (Å²) in [5.74, 6) is 1.23. The van der Waals surface area contributed by atoms with E-state index >= 15 is 0 Å². The monoisotopic (exact) mass is 328 g/mol. The molecule has 1 aromatic carbocycles. The molecule has 1 heterocycles. The molecule has 4 nitrogen and oxygen atoms in total. The van der Waals surface area contributed by atoms with Crippen LogP contribution in [0.15, 0.2) is 36.4 Å². The fourth-order valence-electron chi connectivity index (χ4n) is 2.74. The first-order valence-corrected chi connectivity index (χ1v) is 8.55. The Kier molecular flexibility index (Phi) is 4.76. The third-order valence-electron chi connectivity index (χ3n) is 3.97. The van der Waals surface area contributed by atoms with Crippen LogP contribution in [0.25, 0.3) is 11.3 Å². The Balaban J connectivity index is 1.69. The molecule has 1 atom stereocenters. The topological polar surface area (TPSA) is 51.2 Å². The Morgan fingerprint density at radius 2 is 2.17 bits per heavy atom. The van der Waals surface area contributed by atoms with Crippen LogP contribution in [-0.4, -0.2) is 18.0 Å². The minimum atomic E-state index is 0.0385. The normalized spacial score (nSPS) is 16.5. The van der Waals surface area contributed by atoms with Gasteiger partial charge in [-0.1, -0.05) is 12.2 Å². The highest BCUT2D eigenvalue weighted by Gasteiger charge is 2.16. The molecule has 0 fully saturated rings. The van der Waals surface area contributed by atoms with Crippen molar-refractivity contribution in [2.75, 3.05) is 12.4 Å². The van der Waals surface area contributed by atoms with E-state index < -0.39 is 0 Å². The first-order chi connectivity index (χ1) is 11.2. The van der Waals surface area contributed by atoms with Crippen molar-refractivity contribution in [3.8, 4) is 17.0 Å². The highest BCUT2D eigenvalue weighted by molar-refractivity contribution is 7.16. The number of nitrogens with zero attached hydrogens (tertiary/aromatic N) is 1. The van der Waals surface area contributed by atoms with Gasteiger partial charge in [-0.25, -0.2) is 4.98 Å². The number of aromatic nitrogens is 1. The number of allylic oxidation sites excluding steroid dienone is 2. The number of thiazole rings is 1. The number of nitrogens with one attached hydrogen (secondary N) is 1. The fraction of sp³-hybridized carbons (Fsp3) is 0.333. The lowest BCUT2D eigenvalue weighted by Gasteiger charge is -2.06. The van der Waals surface area contributed by atoms with Crippen molar-refractivity contribution < 1.29 is 9.53 Å². The zero-order chi connectivity index (χ0) is 16.2. The van der Waals surface area contributed by atoms with E-state index in [2.05, 4.69) is 22.5 Å². The van der Waals surface area contributed by atoms with Crippen LogP contribution < -0.4 is 10.1 Å². The quantitative estimate of drug-likeness (QED) is 0.827. The fourth-order valence-corrected chi connectivity index (χ4v) is 3.59. The van der Waals surface area contributed by atoms with E-state index in [0.717, 1.165) is 34.7 Å². The van der Waals surface area contributed by atoms with E-state index in [0.29, 0.717) is 17.5 Å². The lowest BCUT2D eigenvalue weighted by Crippen LogP contribution is -2.14. The van der Waals surface area contributed by atoms with Crippen LogP contribution in [0.1, 0.15) is 24.1 Å². The smallest absolute Gasteiger partial charge is 0.226 e. The van der Waals surface area contributed by atoms with E-state index in [1.807, 2.05) is 31.2 Å². The van der Waals surface area contributed by atoms with Crippen LogP contribution in [0.4, 0.5) is 5.13 Å². The number of rotatable bonds is 5. The molecule has 0 aliphatic heterocycles. The second-order valence-electron chi connectivity index (χ2n) is 5.67. The zero-order valence-electron chi connectivity index (χ0n) is 13.3. The number of hydrogen-bond acceptors (Lipinski definition) is 4.